The molecule has 0 amide bonds. The number of nitrogens with two attached hydrogens (primary N) is 1. The molecule has 0 saturated carbocycles. The molecule has 1 heterocycles. The molecule has 0 unspecified atom stereocenters. The van der Waals surface area contributed by atoms with Gasteiger partial charge >= 0.3 is 0 Å². The van der Waals surface area contributed by atoms with Crippen LogP contribution in [0, 0.1) is 0 Å². The highest BCUT2D eigenvalue weighted by Gasteiger charge is 2.10. The maximum absolute atomic E-state index is 5.41. The molecule has 1 fully saturated rings. The molecule has 0 bridgehead atoms. The topological polar surface area (TPSA) is 38.5 Å². The maximum Gasteiger partial charge on any atom is 0.0642 e. The number of ether oxygens (including phenoxy) is 1. The van der Waals surface area contributed by atoms with E-state index in [9.17, 15) is 0 Å². The zero-order valence-corrected chi connectivity index (χ0v) is 9.43. The average molecular weight is 218 g/mol. The molecule has 1 aliphatic heterocycles. The number of rotatable bonds is 3. The number of benzene rings is 1. The molecule has 3 heteroatoms. The zero-order valence-electron chi connectivity index (χ0n) is 9.43. The Morgan fingerprint density at radius 1 is 1.19 bits per heavy atom. The summed E-state index contributed by atoms with van der Waals surface area (Å²) in [7, 11) is 0. The van der Waals surface area contributed by atoms with Crippen LogP contribution in [0.2, 0.25) is 0 Å². The van der Waals surface area contributed by atoms with Crippen LogP contribution in [-0.2, 0) is 4.74 Å². The second-order valence-corrected chi connectivity index (χ2v) is 3.83. The first kappa shape index (κ1) is 11.2. The summed E-state index contributed by atoms with van der Waals surface area (Å²) in [4.78, 5) is 2.35. The Hall–Kier alpha value is -1.32. The van der Waals surface area contributed by atoms with Crippen LogP contribution in [0.25, 0.3) is 6.08 Å². The minimum Gasteiger partial charge on any atom is -0.378 e. The molecule has 2 N–H and O–H groups in total. The molecular weight excluding hydrogens is 200 g/mol. The molecule has 86 valence electrons. The van der Waals surface area contributed by atoms with E-state index >= 15 is 0 Å². The van der Waals surface area contributed by atoms with E-state index in [0.717, 1.165) is 26.3 Å². The van der Waals surface area contributed by atoms with Gasteiger partial charge < -0.3 is 15.4 Å². The Labute approximate surface area is 96.5 Å². The van der Waals surface area contributed by atoms with Crippen LogP contribution in [-0.4, -0.2) is 32.8 Å². The molecule has 16 heavy (non-hydrogen) atoms. The van der Waals surface area contributed by atoms with Gasteiger partial charge in [-0.3, -0.25) is 0 Å². The lowest BCUT2D eigenvalue weighted by molar-refractivity contribution is 0.122. The van der Waals surface area contributed by atoms with Crippen molar-refractivity contribution < 1.29 is 4.74 Å². The van der Waals surface area contributed by atoms with Crippen LogP contribution in [0.1, 0.15) is 5.56 Å². The highest BCUT2D eigenvalue weighted by molar-refractivity contribution is 5.56. The standard InChI is InChI=1S/C13H18N2O/c14-7-1-2-12-3-5-13(6-4-12)15-8-10-16-11-9-15/h1-6H,7-11,14H2/b2-1+. The van der Waals surface area contributed by atoms with Gasteiger partial charge in [-0.2, -0.15) is 0 Å². The Kier molecular flexibility index (Phi) is 3.97. The molecule has 0 aromatic heterocycles. The van der Waals surface area contributed by atoms with Gasteiger partial charge in [0.25, 0.3) is 0 Å². The quantitative estimate of drug-likeness (QED) is 0.835. The fourth-order valence-electron chi connectivity index (χ4n) is 1.82. The maximum atomic E-state index is 5.41. The van der Waals surface area contributed by atoms with Gasteiger partial charge in [-0.1, -0.05) is 24.3 Å². The second-order valence-electron chi connectivity index (χ2n) is 3.83. The predicted molar refractivity (Wildman–Crippen MR) is 67.6 cm³/mol. The van der Waals surface area contributed by atoms with Crippen LogP contribution in [0.5, 0.6) is 0 Å². The zero-order chi connectivity index (χ0) is 11.2. The predicted octanol–water partition coefficient (Wildman–Crippen LogP) is 1.50. The van der Waals surface area contributed by atoms with Crippen molar-refractivity contribution in [2.75, 3.05) is 37.7 Å². The monoisotopic (exact) mass is 218 g/mol. The number of hydrogen-bond donors (Lipinski definition) is 1. The molecule has 1 saturated heterocycles. The highest BCUT2D eigenvalue weighted by Crippen LogP contribution is 2.17. The molecule has 0 atom stereocenters. The molecule has 0 aliphatic carbocycles. The Morgan fingerprint density at radius 3 is 2.50 bits per heavy atom. The Balaban J connectivity index is 2.03. The van der Waals surface area contributed by atoms with E-state index in [-0.39, 0.29) is 0 Å². The normalized spacial score (nSPS) is 16.9. The fraction of sp³-hybridized carbons (Fsp3) is 0.385. The summed E-state index contributed by atoms with van der Waals surface area (Å²) in [5, 5.41) is 0. The molecule has 2 rings (SSSR count). The van der Waals surface area contributed by atoms with E-state index in [1.54, 1.807) is 0 Å². The minimum absolute atomic E-state index is 0.589. The van der Waals surface area contributed by atoms with E-state index in [2.05, 4.69) is 29.2 Å². The van der Waals surface area contributed by atoms with E-state index in [1.165, 1.54) is 11.3 Å². The fourth-order valence-corrected chi connectivity index (χ4v) is 1.82. The molecule has 1 aliphatic rings. The van der Waals surface area contributed by atoms with E-state index in [1.807, 2.05) is 12.2 Å². The molecular formula is C13H18N2O. The third kappa shape index (κ3) is 2.84. The van der Waals surface area contributed by atoms with E-state index in [0.29, 0.717) is 6.54 Å². The molecule has 3 nitrogen and oxygen atoms in total. The first-order valence-electron chi connectivity index (χ1n) is 5.69. The molecule has 0 spiro atoms. The van der Waals surface area contributed by atoms with E-state index < -0.39 is 0 Å². The van der Waals surface area contributed by atoms with Crippen LogP contribution < -0.4 is 10.6 Å². The van der Waals surface area contributed by atoms with Crippen LogP contribution in [0.15, 0.2) is 30.3 Å². The summed E-state index contributed by atoms with van der Waals surface area (Å²) in [5.74, 6) is 0. The molecule has 0 radical (unpaired) electrons. The average Bonchev–Trinajstić information content (AvgIpc) is 2.38. The number of hydrogen-bond acceptors (Lipinski definition) is 3. The summed E-state index contributed by atoms with van der Waals surface area (Å²) < 4.78 is 5.33. The summed E-state index contributed by atoms with van der Waals surface area (Å²) in [6, 6.07) is 8.55. The van der Waals surface area contributed by atoms with Gasteiger partial charge in [0, 0.05) is 25.3 Å². The SMILES string of the molecule is NC/C=C/c1ccc(N2CCOCC2)cc1. The van der Waals surface area contributed by atoms with Crippen molar-refractivity contribution in [2.45, 2.75) is 0 Å². The Morgan fingerprint density at radius 2 is 1.88 bits per heavy atom. The number of nitrogens with zero attached hydrogens (tertiary/aromatic N) is 1. The lowest BCUT2D eigenvalue weighted by Crippen LogP contribution is -2.36. The summed E-state index contributed by atoms with van der Waals surface area (Å²) in [6.07, 6.45) is 4.01. The van der Waals surface area contributed by atoms with Crippen molar-refractivity contribution in [3.8, 4) is 0 Å². The lowest BCUT2D eigenvalue weighted by Gasteiger charge is -2.28. The number of anilines is 1. The van der Waals surface area contributed by atoms with Crippen LogP contribution in [0.4, 0.5) is 5.69 Å². The highest BCUT2D eigenvalue weighted by atomic mass is 16.5. The van der Waals surface area contributed by atoms with Gasteiger partial charge in [-0.15, -0.1) is 0 Å². The van der Waals surface area contributed by atoms with E-state index in [4.69, 9.17) is 10.5 Å². The van der Waals surface area contributed by atoms with Crippen molar-refractivity contribution in [3.63, 3.8) is 0 Å². The summed E-state index contributed by atoms with van der Waals surface area (Å²) >= 11 is 0. The third-order valence-electron chi connectivity index (χ3n) is 2.72. The van der Waals surface area contributed by atoms with Crippen LogP contribution >= 0.6 is 0 Å². The van der Waals surface area contributed by atoms with Crippen molar-refractivity contribution in [3.05, 3.63) is 35.9 Å². The van der Waals surface area contributed by atoms with Gasteiger partial charge in [0.05, 0.1) is 13.2 Å². The molecule has 1 aromatic carbocycles. The van der Waals surface area contributed by atoms with Crippen molar-refractivity contribution in [2.24, 2.45) is 5.73 Å². The third-order valence-corrected chi connectivity index (χ3v) is 2.72. The van der Waals surface area contributed by atoms with Gasteiger partial charge in [0.1, 0.15) is 0 Å². The first-order chi connectivity index (χ1) is 7.90. The first-order valence-corrected chi connectivity index (χ1v) is 5.69. The van der Waals surface area contributed by atoms with Crippen molar-refractivity contribution in [1.29, 1.82) is 0 Å². The van der Waals surface area contributed by atoms with Crippen molar-refractivity contribution in [1.82, 2.24) is 0 Å². The van der Waals surface area contributed by atoms with Crippen LogP contribution in [0.3, 0.4) is 0 Å². The lowest BCUT2D eigenvalue weighted by atomic mass is 10.2. The Bertz CT molecular complexity index is 339. The largest absolute Gasteiger partial charge is 0.378 e. The second kappa shape index (κ2) is 5.68. The van der Waals surface area contributed by atoms with Crippen molar-refractivity contribution >= 4 is 11.8 Å². The summed E-state index contributed by atoms with van der Waals surface area (Å²) in [6.45, 7) is 4.21. The van der Waals surface area contributed by atoms with Gasteiger partial charge in [0.15, 0.2) is 0 Å². The minimum atomic E-state index is 0.589. The van der Waals surface area contributed by atoms with Gasteiger partial charge in [-0.05, 0) is 17.7 Å². The van der Waals surface area contributed by atoms with Gasteiger partial charge in [0.2, 0.25) is 0 Å². The number of morpholine rings is 1. The summed E-state index contributed by atoms with van der Waals surface area (Å²) in [5.41, 5.74) is 7.88. The molecule has 1 aromatic rings. The van der Waals surface area contributed by atoms with Gasteiger partial charge in [-0.25, -0.2) is 0 Å². The smallest absolute Gasteiger partial charge is 0.0642 e.